The number of rotatable bonds is 6. The van der Waals surface area contributed by atoms with Gasteiger partial charge in [-0.05, 0) is 49.4 Å². The van der Waals surface area contributed by atoms with Crippen LogP contribution in [0.25, 0.3) is 0 Å². The van der Waals surface area contributed by atoms with Crippen molar-refractivity contribution in [2.75, 3.05) is 18.9 Å². The molecule has 1 aromatic rings. The average Bonchev–Trinajstić information content (AvgIpc) is 3.52. The van der Waals surface area contributed by atoms with Crippen molar-refractivity contribution in [2.45, 2.75) is 71.3 Å². The lowest BCUT2D eigenvalue weighted by molar-refractivity contribution is -0.143. The van der Waals surface area contributed by atoms with Gasteiger partial charge in [0.25, 0.3) is 0 Å². The molecular weight excluding hydrogens is 424 g/mol. The summed E-state index contributed by atoms with van der Waals surface area (Å²) >= 11 is 1.58. The molecule has 0 aromatic carbocycles. The number of carbonyl (C=O) groups excluding carboxylic acids is 2. The lowest BCUT2D eigenvalue weighted by Crippen LogP contribution is -2.53. The van der Waals surface area contributed by atoms with Crippen molar-refractivity contribution in [3.8, 4) is 6.07 Å². The van der Waals surface area contributed by atoms with Crippen molar-refractivity contribution < 1.29 is 14.7 Å². The van der Waals surface area contributed by atoms with Crippen LogP contribution in [0.2, 0.25) is 0 Å². The summed E-state index contributed by atoms with van der Waals surface area (Å²) in [5, 5.41) is 24.0. The van der Waals surface area contributed by atoms with E-state index in [4.69, 9.17) is 10.2 Å². The van der Waals surface area contributed by atoms with Gasteiger partial charge in [-0.2, -0.15) is 5.26 Å². The second-order valence-corrected chi connectivity index (χ2v) is 11.5. The molecule has 1 aromatic heterocycles. The van der Waals surface area contributed by atoms with E-state index in [2.05, 4.69) is 25.2 Å². The number of thiazole rings is 1. The fraction of sp³-hybridized carbons (Fsp3) is 0.750. The van der Waals surface area contributed by atoms with Gasteiger partial charge in [0.1, 0.15) is 0 Å². The number of amides is 2. The third kappa shape index (κ3) is 4.17. The molecule has 6 atom stereocenters. The van der Waals surface area contributed by atoms with Crippen molar-refractivity contribution in [1.82, 2.24) is 9.88 Å². The molecule has 32 heavy (non-hydrogen) atoms. The number of aliphatic hydroxyl groups is 1. The Morgan fingerprint density at radius 1 is 1.41 bits per heavy atom. The highest BCUT2D eigenvalue weighted by molar-refractivity contribution is 7.15. The van der Waals surface area contributed by atoms with E-state index in [-0.39, 0.29) is 46.8 Å². The van der Waals surface area contributed by atoms with Crippen molar-refractivity contribution in [3.63, 3.8) is 0 Å². The zero-order valence-corrected chi connectivity index (χ0v) is 20.2. The summed E-state index contributed by atoms with van der Waals surface area (Å²) in [4.78, 5) is 32.7. The lowest BCUT2D eigenvalue weighted by Gasteiger charge is -2.53. The molecule has 0 saturated heterocycles. The van der Waals surface area contributed by atoms with Gasteiger partial charge in [-0.3, -0.25) is 9.59 Å². The molecule has 174 valence electrons. The van der Waals surface area contributed by atoms with Gasteiger partial charge in [0.15, 0.2) is 5.13 Å². The molecular formula is C24H34N4O3S. The summed E-state index contributed by atoms with van der Waals surface area (Å²) in [5.74, 6) is -0.125. The van der Waals surface area contributed by atoms with E-state index in [1.807, 2.05) is 6.92 Å². The van der Waals surface area contributed by atoms with Crippen molar-refractivity contribution in [2.24, 2.45) is 29.1 Å². The number of hydrogen-bond acceptors (Lipinski definition) is 6. The molecule has 3 aliphatic rings. The lowest BCUT2D eigenvalue weighted by atomic mass is 9.53. The first kappa shape index (κ1) is 23.2. The van der Waals surface area contributed by atoms with Gasteiger partial charge in [0.05, 0.1) is 24.3 Å². The van der Waals surface area contributed by atoms with Crippen LogP contribution >= 0.6 is 11.3 Å². The molecule has 2 amide bonds. The maximum atomic E-state index is 12.9. The molecule has 4 rings (SSSR count). The Bertz CT molecular complexity index is 936. The van der Waals surface area contributed by atoms with Crippen LogP contribution in [-0.4, -0.2) is 46.5 Å². The van der Waals surface area contributed by atoms with E-state index >= 15 is 0 Å². The molecule has 2 saturated carbocycles. The van der Waals surface area contributed by atoms with Crippen LogP contribution in [0.5, 0.6) is 0 Å². The second-order valence-electron chi connectivity index (χ2n) is 10.4. The van der Waals surface area contributed by atoms with Crippen molar-refractivity contribution >= 4 is 28.3 Å². The number of nitrogens with one attached hydrogen (secondary N) is 1. The minimum absolute atomic E-state index is 0.00390. The van der Waals surface area contributed by atoms with Gasteiger partial charge in [0.2, 0.25) is 11.8 Å². The zero-order valence-electron chi connectivity index (χ0n) is 19.4. The quantitative estimate of drug-likeness (QED) is 0.678. The van der Waals surface area contributed by atoms with E-state index in [9.17, 15) is 14.7 Å². The molecule has 3 aliphatic carbocycles. The molecule has 0 aliphatic heterocycles. The minimum Gasteiger partial charge on any atom is -0.392 e. The van der Waals surface area contributed by atoms with E-state index in [1.54, 1.807) is 23.3 Å². The number of fused-ring (bicyclic) bond motifs is 2. The number of carbonyl (C=O) groups is 2. The Labute approximate surface area is 194 Å². The molecule has 0 unspecified atom stereocenters. The molecule has 2 fully saturated rings. The number of nitrogens with zero attached hydrogens (tertiary/aromatic N) is 3. The Balaban J connectivity index is 1.52. The van der Waals surface area contributed by atoms with Crippen LogP contribution in [0, 0.1) is 40.4 Å². The first-order chi connectivity index (χ1) is 15.2. The maximum Gasteiger partial charge on any atom is 0.229 e. The highest BCUT2D eigenvalue weighted by Crippen LogP contribution is 2.57. The zero-order chi connectivity index (χ0) is 23.2. The normalized spacial score (nSPS) is 32.2. The van der Waals surface area contributed by atoms with Crippen LogP contribution in [-0.2, 0) is 16.0 Å². The van der Waals surface area contributed by atoms with Gasteiger partial charge in [-0.15, -0.1) is 11.3 Å². The Morgan fingerprint density at radius 2 is 2.12 bits per heavy atom. The van der Waals surface area contributed by atoms with Crippen LogP contribution in [0.3, 0.4) is 0 Å². The number of nitriles is 1. The highest BCUT2D eigenvalue weighted by Gasteiger charge is 2.54. The van der Waals surface area contributed by atoms with E-state index in [1.165, 1.54) is 4.88 Å². The third-order valence-electron chi connectivity index (χ3n) is 8.07. The molecule has 7 nitrogen and oxygen atoms in total. The molecule has 0 spiro atoms. The summed E-state index contributed by atoms with van der Waals surface area (Å²) in [5.41, 5.74) is 0.940. The minimum atomic E-state index is -0.591. The molecule has 1 heterocycles. The van der Waals surface area contributed by atoms with Crippen LogP contribution in [0.1, 0.15) is 69.4 Å². The summed E-state index contributed by atoms with van der Waals surface area (Å²) < 4.78 is 0. The Morgan fingerprint density at radius 3 is 2.78 bits per heavy atom. The topological polar surface area (TPSA) is 106 Å². The summed E-state index contributed by atoms with van der Waals surface area (Å²) in [6.07, 6.45) is 4.25. The number of aliphatic hydroxyl groups excluding tert-OH is 1. The van der Waals surface area contributed by atoms with Crippen LogP contribution in [0.15, 0.2) is 0 Å². The molecule has 2 N–H and O–H groups in total. The average molecular weight is 459 g/mol. The van der Waals surface area contributed by atoms with E-state index in [0.717, 1.165) is 37.8 Å². The van der Waals surface area contributed by atoms with Crippen molar-refractivity contribution in [1.29, 1.82) is 5.26 Å². The standard InChI is InChI=1S/C24H34N4O3S/c1-13(22(31)28(4)11-5-10-25)16-8-9-24(3)12-17-19(14(2)18(24)20(16)29)26-23(32-17)27-21(30)15-6-7-15/h13-16,18,20,29H,5-9,11-12H2,1-4H3,(H,26,27,30)/t13-,14+,16-,18+,20-,24+/m0/s1. The first-order valence-electron chi connectivity index (χ1n) is 11.8. The first-order valence-corrected chi connectivity index (χ1v) is 12.6. The van der Waals surface area contributed by atoms with E-state index < -0.39 is 6.10 Å². The summed E-state index contributed by atoms with van der Waals surface area (Å²) in [6, 6.07) is 2.09. The van der Waals surface area contributed by atoms with Crippen molar-refractivity contribution in [3.05, 3.63) is 10.6 Å². The fourth-order valence-electron chi connectivity index (χ4n) is 6.01. The Kier molecular flexibility index (Phi) is 6.34. The number of aromatic nitrogens is 1. The SMILES string of the molecule is C[C@H](C(=O)N(C)CCC#N)[C@@H]1CC[C@]2(C)Cc3sc(NC(=O)C4CC4)nc3[C@H](C)[C@@H]2[C@H]1O. The molecule has 8 heteroatoms. The predicted molar refractivity (Wildman–Crippen MR) is 123 cm³/mol. The van der Waals surface area contributed by atoms with Gasteiger partial charge in [-0.1, -0.05) is 20.8 Å². The largest absolute Gasteiger partial charge is 0.392 e. The fourth-order valence-corrected chi connectivity index (χ4v) is 7.28. The van der Waals surface area contributed by atoms with Gasteiger partial charge >= 0.3 is 0 Å². The third-order valence-corrected chi connectivity index (χ3v) is 9.05. The maximum absolute atomic E-state index is 12.9. The predicted octanol–water partition coefficient (Wildman–Crippen LogP) is 3.55. The highest BCUT2D eigenvalue weighted by atomic mass is 32.1. The molecule has 0 bridgehead atoms. The summed E-state index contributed by atoms with van der Waals surface area (Å²) in [7, 11) is 1.73. The van der Waals surface area contributed by atoms with E-state index in [0.29, 0.717) is 18.1 Å². The monoisotopic (exact) mass is 458 g/mol. The Hall–Kier alpha value is -1.98. The molecule has 0 radical (unpaired) electrons. The van der Waals surface area contributed by atoms with Gasteiger partial charge in [0, 0.05) is 36.2 Å². The van der Waals surface area contributed by atoms with Crippen LogP contribution < -0.4 is 5.32 Å². The summed E-state index contributed by atoms with van der Waals surface area (Å²) in [6.45, 7) is 6.71. The van der Waals surface area contributed by atoms with Gasteiger partial charge in [-0.25, -0.2) is 4.98 Å². The second kappa shape index (κ2) is 8.75. The van der Waals surface area contributed by atoms with Gasteiger partial charge < -0.3 is 15.3 Å². The number of anilines is 1. The number of hydrogen-bond donors (Lipinski definition) is 2. The van der Waals surface area contributed by atoms with Crippen LogP contribution in [0.4, 0.5) is 5.13 Å². The smallest absolute Gasteiger partial charge is 0.229 e.